The summed E-state index contributed by atoms with van der Waals surface area (Å²) in [6.45, 7) is 3.73. The normalized spacial score (nSPS) is 10.8. The smallest absolute Gasteiger partial charge is 0.262 e. The van der Waals surface area contributed by atoms with E-state index in [0.29, 0.717) is 16.7 Å². The Kier molecular flexibility index (Phi) is 5.54. The van der Waals surface area contributed by atoms with Crippen molar-refractivity contribution in [2.75, 3.05) is 11.9 Å². The number of anilines is 1. The van der Waals surface area contributed by atoms with Crippen LogP contribution in [0.15, 0.2) is 71.1 Å². The van der Waals surface area contributed by atoms with Crippen LogP contribution in [-0.2, 0) is 4.79 Å². The number of rotatable bonds is 6. The lowest BCUT2D eigenvalue weighted by molar-refractivity contribution is -0.118. The van der Waals surface area contributed by atoms with Crippen molar-refractivity contribution in [3.05, 3.63) is 95.0 Å². The van der Waals surface area contributed by atoms with Gasteiger partial charge in [0.2, 0.25) is 5.78 Å². The predicted molar refractivity (Wildman–Crippen MR) is 116 cm³/mol. The fourth-order valence-corrected chi connectivity index (χ4v) is 3.19. The van der Waals surface area contributed by atoms with Crippen molar-refractivity contribution in [2.45, 2.75) is 13.8 Å². The number of carbonyl (C=O) groups excluding carboxylic acids is 2. The van der Waals surface area contributed by atoms with Crippen molar-refractivity contribution in [3.63, 3.8) is 0 Å². The SMILES string of the molecule is Cc1ccc(OCC(=O)Nc2c(C(=O)c3ccc(F)cc3)oc3ccccc23)cc1C. The van der Waals surface area contributed by atoms with E-state index in [-0.39, 0.29) is 23.6 Å². The molecule has 0 fully saturated rings. The van der Waals surface area contributed by atoms with Crippen molar-refractivity contribution in [3.8, 4) is 5.75 Å². The average Bonchev–Trinajstić information content (AvgIpc) is 3.13. The maximum atomic E-state index is 13.2. The first-order chi connectivity index (χ1) is 14.9. The van der Waals surface area contributed by atoms with Crippen LogP contribution < -0.4 is 10.1 Å². The van der Waals surface area contributed by atoms with Gasteiger partial charge in [-0.15, -0.1) is 0 Å². The highest BCUT2D eigenvalue weighted by molar-refractivity contribution is 6.17. The number of aryl methyl sites for hydroxylation is 2. The van der Waals surface area contributed by atoms with E-state index < -0.39 is 17.5 Å². The van der Waals surface area contributed by atoms with Gasteiger partial charge in [-0.2, -0.15) is 0 Å². The van der Waals surface area contributed by atoms with Crippen molar-refractivity contribution in [1.29, 1.82) is 0 Å². The summed E-state index contributed by atoms with van der Waals surface area (Å²) >= 11 is 0. The minimum absolute atomic E-state index is 0.0210. The first-order valence-corrected chi connectivity index (χ1v) is 9.74. The summed E-state index contributed by atoms with van der Waals surface area (Å²) in [6.07, 6.45) is 0. The first kappa shape index (κ1) is 20.3. The van der Waals surface area contributed by atoms with Crippen molar-refractivity contribution in [2.24, 2.45) is 0 Å². The van der Waals surface area contributed by atoms with E-state index in [0.717, 1.165) is 11.1 Å². The number of halogens is 1. The minimum Gasteiger partial charge on any atom is -0.484 e. The van der Waals surface area contributed by atoms with Gasteiger partial charge in [0.15, 0.2) is 12.4 Å². The molecule has 4 aromatic rings. The van der Waals surface area contributed by atoms with Gasteiger partial charge in [-0.25, -0.2) is 4.39 Å². The molecule has 0 atom stereocenters. The average molecular weight is 417 g/mol. The Morgan fingerprint density at radius 3 is 2.45 bits per heavy atom. The highest BCUT2D eigenvalue weighted by Gasteiger charge is 2.23. The second kappa shape index (κ2) is 8.44. The van der Waals surface area contributed by atoms with E-state index in [1.54, 1.807) is 30.3 Å². The van der Waals surface area contributed by atoms with Gasteiger partial charge in [0.05, 0.1) is 5.69 Å². The molecule has 0 saturated carbocycles. The molecule has 0 aliphatic carbocycles. The quantitative estimate of drug-likeness (QED) is 0.424. The molecule has 0 radical (unpaired) electrons. The summed E-state index contributed by atoms with van der Waals surface area (Å²) in [6, 6.07) is 17.7. The monoisotopic (exact) mass is 417 g/mol. The summed E-state index contributed by atoms with van der Waals surface area (Å²) < 4.78 is 24.6. The van der Waals surface area contributed by atoms with Crippen LogP contribution in [0.5, 0.6) is 5.75 Å². The molecule has 1 N–H and O–H groups in total. The molecule has 5 nitrogen and oxygen atoms in total. The van der Waals surface area contributed by atoms with Crippen LogP contribution in [0.4, 0.5) is 10.1 Å². The third-order valence-electron chi connectivity index (χ3n) is 5.02. The number of fused-ring (bicyclic) bond motifs is 1. The molecule has 1 aromatic heterocycles. The van der Waals surface area contributed by atoms with Gasteiger partial charge in [-0.05, 0) is 73.5 Å². The second-order valence-electron chi connectivity index (χ2n) is 7.22. The fourth-order valence-electron chi connectivity index (χ4n) is 3.19. The number of benzene rings is 3. The lowest BCUT2D eigenvalue weighted by atomic mass is 10.1. The van der Waals surface area contributed by atoms with Gasteiger partial charge >= 0.3 is 0 Å². The number of amides is 1. The molecule has 1 amide bonds. The van der Waals surface area contributed by atoms with E-state index in [9.17, 15) is 14.0 Å². The van der Waals surface area contributed by atoms with E-state index >= 15 is 0 Å². The molecule has 0 saturated heterocycles. The molecule has 6 heteroatoms. The second-order valence-corrected chi connectivity index (χ2v) is 7.22. The largest absolute Gasteiger partial charge is 0.484 e. The zero-order valence-corrected chi connectivity index (χ0v) is 17.1. The van der Waals surface area contributed by atoms with Crippen molar-refractivity contribution in [1.82, 2.24) is 0 Å². The Balaban J connectivity index is 1.59. The van der Waals surface area contributed by atoms with Crippen molar-refractivity contribution < 1.29 is 23.1 Å². The summed E-state index contributed by atoms with van der Waals surface area (Å²) in [4.78, 5) is 25.6. The van der Waals surface area contributed by atoms with Crippen LogP contribution in [-0.4, -0.2) is 18.3 Å². The molecule has 156 valence electrons. The highest BCUT2D eigenvalue weighted by atomic mass is 19.1. The van der Waals surface area contributed by atoms with Gasteiger partial charge < -0.3 is 14.5 Å². The molecule has 0 aliphatic heterocycles. The molecule has 31 heavy (non-hydrogen) atoms. The molecule has 4 rings (SSSR count). The number of para-hydroxylation sites is 1. The van der Waals surface area contributed by atoms with Gasteiger partial charge in [-0.3, -0.25) is 9.59 Å². The van der Waals surface area contributed by atoms with Crippen molar-refractivity contribution >= 4 is 28.3 Å². The Labute approximate surface area is 178 Å². The topological polar surface area (TPSA) is 68.5 Å². The van der Waals surface area contributed by atoms with E-state index in [4.69, 9.17) is 9.15 Å². The number of furan rings is 1. The Morgan fingerprint density at radius 1 is 0.968 bits per heavy atom. The maximum absolute atomic E-state index is 13.2. The molecule has 0 aliphatic rings. The molecule has 1 heterocycles. The van der Waals surface area contributed by atoms with Crippen LogP contribution in [0.2, 0.25) is 0 Å². The molecule has 0 unspecified atom stereocenters. The third kappa shape index (κ3) is 4.33. The molecular formula is C25H20FNO4. The Bertz CT molecular complexity index is 1270. The maximum Gasteiger partial charge on any atom is 0.262 e. The van der Waals surface area contributed by atoms with Crippen LogP contribution in [0.25, 0.3) is 11.0 Å². The summed E-state index contributed by atoms with van der Waals surface area (Å²) in [5.41, 5.74) is 3.16. The Hall–Kier alpha value is -3.93. The molecule has 0 bridgehead atoms. The third-order valence-corrected chi connectivity index (χ3v) is 5.02. The summed E-state index contributed by atoms with van der Waals surface area (Å²) in [7, 11) is 0. The van der Waals surface area contributed by atoms with Crippen LogP contribution in [0.1, 0.15) is 27.2 Å². The van der Waals surface area contributed by atoms with E-state index in [2.05, 4.69) is 5.32 Å². The number of ether oxygens (including phenoxy) is 1. The standard InChI is InChI=1S/C25H20FNO4/c1-15-7-12-19(13-16(15)2)30-14-22(28)27-23-20-5-3-4-6-21(20)31-25(23)24(29)17-8-10-18(26)11-9-17/h3-13H,14H2,1-2H3,(H,27,28). The van der Waals surface area contributed by atoms with Gasteiger partial charge in [0.25, 0.3) is 5.91 Å². The minimum atomic E-state index is -0.457. The van der Waals surface area contributed by atoms with Crippen LogP contribution >= 0.6 is 0 Å². The zero-order valence-electron chi connectivity index (χ0n) is 17.1. The Morgan fingerprint density at radius 2 is 1.71 bits per heavy atom. The number of carbonyl (C=O) groups is 2. The number of ketones is 1. The number of nitrogens with one attached hydrogen (secondary N) is 1. The fraction of sp³-hybridized carbons (Fsp3) is 0.120. The lowest BCUT2D eigenvalue weighted by Crippen LogP contribution is -2.21. The highest BCUT2D eigenvalue weighted by Crippen LogP contribution is 2.32. The molecule has 0 spiro atoms. The van der Waals surface area contributed by atoms with Gasteiger partial charge in [-0.1, -0.05) is 18.2 Å². The first-order valence-electron chi connectivity index (χ1n) is 9.74. The van der Waals surface area contributed by atoms with Gasteiger partial charge in [0.1, 0.15) is 17.1 Å². The lowest BCUT2D eigenvalue weighted by Gasteiger charge is -2.09. The number of hydrogen-bond donors (Lipinski definition) is 1. The van der Waals surface area contributed by atoms with Crippen LogP contribution in [0.3, 0.4) is 0 Å². The van der Waals surface area contributed by atoms with E-state index in [1.165, 1.54) is 24.3 Å². The summed E-state index contributed by atoms with van der Waals surface area (Å²) in [5.74, 6) is -0.775. The number of hydrogen-bond acceptors (Lipinski definition) is 4. The molecule has 3 aromatic carbocycles. The molecular weight excluding hydrogens is 397 g/mol. The van der Waals surface area contributed by atoms with Gasteiger partial charge in [0, 0.05) is 10.9 Å². The summed E-state index contributed by atoms with van der Waals surface area (Å²) in [5, 5.41) is 3.33. The van der Waals surface area contributed by atoms with E-state index in [1.807, 2.05) is 26.0 Å². The van der Waals surface area contributed by atoms with Crippen LogP contribution in [0, 0.1) is 19.7 Å². The zero-order chi connectivity index (χ0) is 22.0. The predicted octanol–water partition coefficient (Wildman–Crippen LogP) is 5.44.